The highest BCUT2D eigenvalue weighted by Gasteiger charge is 2.29. The third-order valence-corrected chi connectivity index (χ3v) is 3.67. The van der Waals surface area contributed by atoms with Gasteiger partial charge in [0.05, 0.1) is 5.92 Å². The second-order valence-corrected chi connectivity index (χ2v) is 4.81. The lowest BCUT2D eigenvalue weighted by atomic mass is 9.87. The summed E-state index contributed by atoms with van der Waals surface area (Å²) >= 11 is 0. The van der Waals surface area contributed by atoms with Gasteiger partial charge >= 0.3 is 5.97 Å². The Morgan fingerprint density at radius 1 is 1.33 bits per heavy atom. The number of piperidine rings is 1. The van der Waals surface area contributed by atoms with Crippen LogP contribution in [0.25, 0.3) is 11.8 Å². The number of carbonyl (C=O) groups is 1. The maximum absolute atomic E-state index is 11.1. The Balaban J connectivity index is 2.10. The molecule has 1 aliphatic heterocycles. The maximum atomic E-state index is 11.1. The van der Waals surface area contributed by atoms with Crippen LogP contribution in [0.5, 0.6) is 0 Å². The number of rotatable bonds is 1. The molecule has 3 rings (SSSR count). The molecule has 18 heavy (non-hydrogen) atoms. The van der Waals surface area contributed by atoms with Crippen LogP contribution in [0.2, 0.25) is 0 Å². The second-order valence-electron chi connectivity index (χ2n) is 4.81. The molecule has 92 valence electrons. The summed E-state index contributed by atoms with van der Waals surface area (Å²) in [6, 6.07) is 8.22. The van der Waals surface area contributed by atoms with E-state index in [1.165, 1.54) is 10.4 Å². The van der Waals surface area contributed by atoms with Gasteiger partial charge in [0.2, 0.25) is 0 Å². The van der Waals surface area contributed by atoms with Gasteiger partial charge in [0, 0.05) is 23.4 Å². The molecular weight excluding hydrogens is 226 g/mol. The van der Waals surface area contributed by atoms with E-state index in [1.807, 2.05) is 18.2 Å². The minimum absolute atomic E-state index is 0.180. The largest absolute Gasteiger partial charge is 0.481 e. The van der Waals surface area contributed by atoms with Gasteiger partial charge in [0.25, 0.3) is 0 Å². The fraction of sp³-hybridized carbons (Fsp3) is 0.267. The highest BCUT2D eigenvalue weighted by atomic mass is 16.4. The van der Waals surface area contributed by atoms with E-state index < -0.39 is 5.97 Å². The molecule has 2 atom stereocenters. The molecule has 3 nitrogen and oxygen atoms in total. The summed E-state index contributed by atoms with van der Waals surface area (Å²) in [5.74, 6) is -0.829. The molecule has 0 bridgehead atoms. The van der Waals surface area contributed by atoms with Gasteiger partial charge in [-0.25, -0.2) is 0 Å². The SMILES string of the molecule is O=C(O)C1CNC2=c3ccccc3=CC=CC2C1. The topological polar surface area (TPSA) is 49.3 Å². The number of nitrogens with one attached hydrogen (secondary N) is 1. The van der Waals surface area contributed by atoms with Crippen molar-refractivity contribution in [2.24, 2.45) is 11.8 Å². The lowest BCUT2D eigenvalue weighted by molar-refractivity contribution is -0.142. The van der Waals surface area contributed by atoms with Crippen molar-refractivity contribution >= 4 is 17.7 Å². The summed E-state index contributed by atoms with van der Waals surface area (Å²) in [4.78, 5) is 11.1. The standard InChI is InChI=1S/C15H15NO2/c17-15(18)12-8-11-6-3-5-10-4-1-2-7-13(10)14(11)16-9-12/h1-7,11-12,16H,8-9H2,(H,17,18). The fourth-order valence-electron chi connectivity index (χ4n) is 2.71. The van der Waals surface area contributed by atoms with Crippen molar-refractivity contribution in [1.29, 1.82) is 0 Å². The molecular formula is C15H15NO2. The number of fused-ring (bicyclic) bond motifs is 2. The van der Waals surface area contributed by atoms with Gasteiger partial charge in [-0.2, -0.15) is 0 Å². The molecule has 1 heterocycles. The molecule has 0 radical (unpaired) electrons. The fourth-order valence-corrected chi connectivity index (χ4v) is 2.71. The van der Waals surface area contributed by atoms with Crippen LogP contribution in [-0.4, -0.2) is 17.6 Å². The zero-order valence-corrected chi connectivity index (χ0v) is 9.97. The molecule has 1 aliphatic carbocycles. The number of hydrogen-bond donors (Lipinski definition) is 2. The zero-order valence-electron chi connectivity index (χ0n) is 9.97. The highest BCUT2D eigenvalue weighted by molar-refractivity contribution is 5.72. The Hall–Kier alpha value is -2.03. The summed E-state index contributed by atoms with van der Waals surface area (Å²) in [5, 5.41) is 14.8. The van der Waals surface area contributed by atoms with Crippen molar-refractivity contribution in [2.45, 2.75) is 6.42 Å². The van der Waals surface area contributed by atoms with Crippen molar-refractivity contribution < 1.29 is 9.90 Å². The van der Waals surface area contributed by atoms with Crippen LogP contribution in [0.1, 0.15) is 6.42 Å². The first kappa shape index (κ1) is 11.1. The van der Waals surface area contributed by atoms with E-state index in [1.54, 1.807) is 0 Å². The van der Waals surface area contributed by atoms with Gasteiger partial charge < -0.3 is 10.4 Å². The van der Waals surface area contributed by atoms with E-state index in [2.05, 4.69) is 29.6 Å². The van der Waals surface area contributed by atoms with Gasteiger partial charge in [-0.3, -0.25) is 4.79 Å². The third-order valence-electron chi connectivity index (χ3n) is 3.67. The Morgan fingerprint density at radius 3 is 3.00 bits per heavy atom. The van der Waals surface area contributed by atoms with Gasteiger partial charge in [-0.1, -0.05) is 42.5 Å². The first-order valence-corrected chi connectivity index (χ1v) is 6.20. The summed E-state index contributed by atoms with van der Waals surface area (Å²) in [5.41, 5.74) is 1.16. The highest BCUT2D eigenvalue weighted by Crippen LogP contribution is 2.25. The van der Waals surface area contributed by atoms with Gasteiger partial charge in [-0.05, 0) is 11.6 Å². The molecule has 2 unspecified atom stereocenters. The molecule has 3 heteroatoms. The lowest BCUT2D eigenvalue weighted by Gasteiger charge is -2.29. The molecule has 2 N–H and O–H groups in total. The summed E-state index contributed by atoms with van der Waals surface area (Å²) in [6.45, 7) is 0.517. The minimum Gasteiger partial charge on any atom is -0.481 e. The third kappa shape index (κ3) is 1.82. The van der Waals surface area contributed by atoms with Crippen LogP contribution in [-0.2, 0) is 4.79 Å². The van der Waals surface area contributed by atoms with E-state index in [0.717, 1.165) is 5.70 Å². The number of benzene rings is 1. The Bertz CT molecular complexity index is 630. The van der Waals surface area contributed by atoms with E-state index in [-0.39, 0.29) is 11.8 Å². The molecule has 0 spiro atoms. The molecule has 0 amide bonds. The molecule has 0 saturated carbocycles. The van der Waals surface area contributed by atoms with Crippen LogP contribution in [0.3, 0.4) is 0 Å². The van der Waals surface area contributed by atoms with Crippen LogP contribution < -0.4 is 15.8 Å². The average Bonchev–Trinajstić information content (AvgIpc) is 2.57. The van der Waals surface area contributed by atoms with E-state index in [0.29, 0.717) is 13.0 Å². The average molecular weight is 241 g/mol. The predicted octanol–water partition coefficient (Wildman–Crippen LogP) is 0.455. The first-order chi connectivity index (χ1) is 8.75. The number of carboxylic acid groups (broad SMARTS) is 1. The van der Waals surface area contributed by atoms with E-state index in [4.69, 9.17) is 5.11 Å². The molecule has 1 aromatic rings. The lowest BCUT2D eigenvalue weighted by Crippen LogP contribution is -2.42. The van der Waals surface area contributed by atoms with Gasteiger partial charge in [-0.15, -0.1) is 0 Å². The van der Waals surface area contributed by atoms with E-state index >= 15 is 0 Å². The van der Waals surface area contributed by atoms with Crippen molar-refractivity contribution in [3.05, 3.63) is 46.9 Å². The Labute approximate surface area is 105 Å². The first-order valence-electron chi connectivity index (χ1n) is 6.20. The number of allylic oxidation sites excluding steroid dienone is 1. The molecule has 2 aliphatic rings. The smallest absolute Gasteiger partial charge is 0.308 e. The number of carboxylic acids is 1. The van der Waals surface area contributed by atoms with Crippen LogP contribution in [0.4, 0.5) is 0 Å². The van der Waals surface area contributed by atoms with Crippen LogP contribution in [0.15, 0.2) is 36.4 Å². The van der Waals surface area contributed by atoms with Crippen molar-refractivity contribution in [1.82, 2.24) is 5.32 Å². The van der Waals surface area contributed by atoms with Crippen molar-refractivity contribution in [2.75, 3.05) is 6.54 Å². The minimum atomic E-state index is -0.712. The molecule has 1 fully saturated rings. The van der Waals surface area contributed by atoms with E-state index in [9.17, 15) is 4.79 Å². The summed E-state index contributed by atoms with van der Waals surface area (Å²) in [7, 11) is 0. The normalized spacial score (nSPS) is 25.2. The zero-order chi connectivity index (χ0) is 12.5. The summed E-state index contributed by atoms with van der Waals surface area (Å²) < 4.78 is 0. The molecule has 1 aromatic carbocycles. The number of aliphatic carboxylic acids is 1. The van der Waals surface area contributed by atoms with Crippen LogP contribution in [0, 0.1) is 11.8 Å². The molecule has 1 saturated heterocycles. The monoisotopic (exact) mass is 241 g/mol. The second kappa shape index (κ2) is 4.33. The molecule has 0 aromatic heterocycles. The maximum Gasteiger partial charge on any atom is 0.308 e. The Morgan fingerprint density at radius 2 is 2.17 bits per heavy atom. The van der Waals surface area contributed by atoms with Crippen LogP contribution >= 0.6 is 0 Å². The summed E-state index contributed by atoms with van der Waals surface area (Å²) in [6.07, 6.45) is 6.88. The quantitative estimate of drug-likeness (QED) is 0.751. The predicted molar refractivity (Wildman–Crippen MR) is 69.9 cm³/mol. The van der Waals surface area contributed by atoms with Gasteiger partial charge in [0.15, 0.2) is 0 Å². The Kier molecular flexibility index (Phi) is 2.67. The van der Waals surface area contributed by atoms with Crippen molar-refractivity contribution in [3.63, 3.8) is 0 Å². The number of hydrogen-bond acceptors (Lipinski definition) is 2. The van der Waals surface area contributed by atoms with Crippen molar-refractivity contribution in [3.8, 4) is 0 Å². The van der Waals surface area contributed by atoms with Gasteiger partial charge in [0.1, 0.15) is 0 Å².